The molecule has 7 heteroatoms. The van der Waals surface area contributed by atoms with E-state index >= 15 is 0 Å². The molecule has 5 rings (SSSR count). The van der Waals surface area contributed by atoms with Crippen LogP contribution in [0.2, 0.25) is 0 Å². The van der Waals surface area contributed by atoms with Gasteiger partial charge in [-0.25, -0.2) is 0 Å². The van der Waals surface area contributed by atoms with E-state index in [1.54, 1.807) is 7.05 Å². The molecular weight excluding hydrogens is 404 g/mol. The molecule has 0 bridgehead atoms. The first-order valence-electron chi connectivity index (χ1n) is 10.9. The number of fused-ring (bicyclic) bond motifs is 1. The van der Waals surface area contributed by atoms with Crippen molar-refractivity contribution in [2.75, 3.05) is 18.5 Å². The van der Waals surface area contributed by atoms with Gasteiger partial charge in [-0.05, 0) is 30.4 Å². The normalized spacial score (nSPS) is 15.0. The molecular formula is C25H26N4O3. The van der Waals surface area contributed by atoms with E-state index in [1.807, 2.05) is 42.5 Å². The van der Waals surface area contributed by atoms with Gasteiger partial charge in [0.15, 0.2) is 0 Å². The number of hydrogen-bond acceptors (Lipinski definition) is 6. The molecule has 1 saturated carbocycles. The van der Waals surface area contributed by atoms with Crippen LogP contribution in [-0.2, 0) is 12.6 Å². The average Bonchev–Trinajstić information content (AvgIpc) is 3.19. The van der Waals surface area contributed by atoms with Crippen molar-refractivity contribution in [3.05, 3.63) is 70.5 Å². The van der Waals surface area contributed by atoms with Crippen molar-refractivity contribution in [2.45, 2.75) is 24.8 Å². The molecule has 0 saturated heterocycles. The third-order valence-corrected chi connectivity index (χ3v) is 6.36. The quantitative estimate of drug-likeness (QED) is 0.432. The first-order chi connectivity index (χ1) is 15.5. The monoisotopic (exact) mass is 430 g/mol. The Balaban J connectivity index is 1.71. The topological polar surface area (TPSA) is 106 Å². The Morgan fingerprint density at radius 1 is 1.12 bits per heavy atom. The average molecular weight is 431 g/mol. The maximum absolute atomic E-state index is 13.3. The largest absolute Gasteiger partial charge is 0.437 e. The van der Waals surface area contributed by atoms with E-state index < -0.39 is 0 Å². The van der Waals surface area contributed by atoms with Gasteiger partial charge in [0, 0.05) is 30.3 Å². The molecule has 0 aliphatic heterocycles. The van der Waals surface area contributed by atoms with E-state index in [0.29, 0.717) is 17.1 Å². The number of nitrogens with two attached hydrogens (primary N) is 1. The highest BCUT2D eigenvalue weighted by Gasteiger charge is 2.34. The van der Waals surface area contributed by atoms with Crippen molar-refractivity contribution in [1.29, 1.82) is 0 Å². The van der Waals surface area contributed by atoms with Gasteiger partial charge in [-0.15, -0.1) is 0 Å². The van der Waals surface area contributed by atoms with Gasteiger partial charge in [0.05, 0.1) is 6.61 Å². The Morgan fingerprint density at radius 3 is 2.47 bits per heavy atom. The standard InChI is InChI=1S/C25H26N4O3/c1-29-23(31)20-19(16-6-3-2-4-7-16)21(32-22(20)28-24(29)27-14-15-30)17-8-10-18(11-9-17)25(26)12-5-13-25/h2-4,6-11,30H,5,12-15,26H2,1H3,(H,27,28). The highest BCUT2D eigenvalue weighted by Crippen LogP contribution is 2.42. The lowest BCUT2D eigenvalue weighted by atomic mass is 9.72. The molecule has 32 heavy (non-hydrogen) atoms. The molecule has 7 nitrogen and oxygen atoms in total. The summed E-state index contributed by atoms with van der Waals surface area (Å²) in [4.78, 5) is 17.9. The molecule has 0 radical (unpaired) electrons. The van der Waals surface area contributed by atoms with Gasteiger partial charge >= 0.3 is 0 Å². The van der Waals surface area contributed by atoms with Crippen LogP contribution in [0.1, 0.15) is 24.8 Å². The molecule has 0 unspecified atom stereocenters. The molecule has 1 aliphatic rings. The molecule has 1 aliphatic carbocycles. The second-order valence-corrected chi connectivity index (χ2v) is 8.39. The van der Waals surface area contributed by atoms with Gasteiger partial charge in [0.2, 0.25) is 11.7 Å². The van der Waals surface area contributed by atoms with Crippen LogP contribution in [0, 0.1) is 0 Å². The zero-order chi connectivity index (χ0) is 22.3. The summed E-state index contributed by atoms with van der Waals surface area (Å²) < 4.78 is 7.65. The van der Waals surface area contributed by atoms with E-state index in [2.05, 4.69) is 22.4 Å². The minimum absolute atomic E-state index is 0.0679. The van der Waals surface area contributed by atoms with E-state index in [1.165, 1.54) is 4.57 Å². The minimum Gasteiger partial charge on any atom is -0.437 e. The Morgan fingerprint density at radius 2 is 1.84 bits per heavy atom. The van der Waals surface area contributed by atoms with Crippen LogP contribution >= 0.6 is 0 Å². The Hall–Kier alpha value is -3.42. The third kappa shape index (κ3) is 3.30. The van der Waals surface area contributed by atoms with Crippen LogP contribution in [0.5, 0.6) is 0 Å². The van der Waals surface area contributed by atoms with E-state index in [0.717, 1.165) is 41.5 Å². The molecule has 4 aromatic rings. The maximum atomic E-state index is 13.3. The molecule has 0 spiro atoms. The Bertz CT molecular complexity index is 1320. The number of aliphatic hydroxyl groups is 1. The maximum Gasteiger partial charge on any atom is 0.266 e. The number of rotatable bonds is 6. The van der Waals surface area contributed by atoms with Gasteiger partial charge in [-0.3, -0.25) is 9.36 Å². The third-order valence-electron chi connectivity index (χ3n) is 6.36. The number of furan rings is 1. The van der Waals surface area contributed by atoms with Crippen LogP contribution in [0.15, 0.2) is 63.8 Å². The first kappa shape index (κ1) is 20.5. The minimum atomic E-state index is -0.237. The summed E-state index contributed by atoms with van der Waals surface area (Å²) in [5.41, 5.74) is 9.89. The number of aromatic nitrogens is 2. The molecule has 0 amide bonds. The molecule has 4 N–H and O–H groups in total. The fraction of sp³-hybridized carbons (Fsp3) is 0.280. The van der Waals surface area contributed by atoms with Crippen molar-refractivity contribution in [3.8, 4) is 22.5 Å². The Kier molecular flexibility index (Phi) is 5.07. The Labute approximate surface area is 185 Å². The van der Waals surface area contributed by atoms with Gasteiger partial charge in [-0.2, -0.15) is 4.98 Å². The summed E-state index contributed by atoms with van der Waals surface area (Å²) in [6.07, 6.45) is 3.15. The number of anilines is 1. The van der Waals surface area contributed by atoms with Gasteiger partial charge < -0.3 is 20.6 Å². The second kappa shape index (κ2) is 7.93. The van der Waals surface area contributed by atoms with Crippen LogP contribution in [0.25, 0.3) is 33.6 Å². The predicted molar refractivity (Wildman–Crippen MR) is 125 cm³/mol. The molecule has 0 atom stereocenters. The number of benzene rings is 2. The fourth-order valence-electron chi connectivity index (χ4n) is 4.34. The SMILES string of the molecule is Cn1c(NCCO)nc2oc(-c3ccc(C4(N)CCC4)cc3)c(-c3ccccc3)c2c1=O. The molecule has 2 aromatic carbocycles. The lowest BCUT2D eigenvalue weighted by Gasteiger charge is -2.38. The highest BCUT2D eigenvalue weighted by atomic mass is 16.3. The lowest BCUT2D eigenvalue weighted by molar-refractivity contribution is 0.253. The molecule has 2 aromatic heterocycles. The number of hydrogen-bond donors (Lipinski definition) is 3. The lowest BCUT2D eigenvalue weighted by Crippen LogP contribution is -2.43. The zero-order valence-electron chi connectivity index (χ0n) is 18.0. The van der Waals surface area contributed by atoms with E-state index in [-0.39, 0.29) is 30.0 Å². The van der Waals surface area contributed by atoms with Crippen LogP contribution in [-0.4, -0.2) is 27.8 Å². The fourth-order valence-corrected chi connectivity index (χ4v) is 4.34. The molecule has 164 valence electrons. The number of nitrogens with zero attached hydrogens (tertiary/aromatic N) is 2. The van der Waals surface area contributed by atoms with E-state index in [4.69, 9.17) is 15.3 Å². The van der Waals surface area contributed by atoms with Crippen molar-refractivity contribution in [1.82, 2.24) is 9.55 Å². The summed E-state index contributed by atoms with van der Waals surface area (Å²) in [6.45, 7) is 0.217. The summed E-state index contributed by atoms with van der Waals surface area (Å²) >= 11 is 0. The van der Waals surface area contributed by atoms with Crippen LogP contribution in [0.4, 0.5) is 5.95 Å². The zero-order valence-corrected chi connectivity index (χ0v) is 18.0. The smallest absolute Gasteiger partial charge is 0.266 e. The van der Waals surface area contributed by atoms with Gasteiger partial charge in [0.25, 0.3) is 5.56 Å². The summed E-state index contributed by atoms with van der Waals surface area (Å²) in [5.74, 6) is 0.947. The van der Waals surface area contributed by atoms with E-state index in [9.17, 15) is 4.79 Å². The van der Waals surface area contributed by atoms with Crippen molar-refractivity contribution >= 4 is 17.0 Å². The summed E-state index contributed by atoms with van der Waals surface area (Å²) in [6, 6.07) is 17.8. The number of nitrogens with one attached hydrogen (secondary N) is 1. The molecule has 1 fully saturated rings. The van der Waals surface area contributed by atoms with Gasteiger partial charge in [0.1, 0.15) is 11.1 Å². The number of aliphatic hydroxyl groups excluding tert-OH is 1. The highest BCUT2D eigenvalue weighted by molar-refractivity contribution is 6.00. The summed E-state index contributed by atoms with van der Waals surface area (Å²) in [7, 11) is 1.66. The predicted octanol–water partition coefficient (Wildman–Crippen LogP) is 3.60. The molecule has 2 heterocycles. The van der Waals surface area contributed by atoms with Crippen LogP contribution < -0.4 is 16.6 Å². The second-order valence-electron chi connectivity index (χ2n) is 8.39. The van der Waals surface area contributed by atoms with Crippen molar-refractivity contribution < 1.29 is 9.52 Å². The van der Waals surface area contributed by atoms with Crippen molar-refractivity contribution in [3.63, 3.8) is 0 Å². The van der Waals surface area contributed by atoms with Crippen molar-refractivity contribution in [2.24, 2.45) is 12.8 Å². The first-order valence-corrected chi connectivity index (χ1v) is 10.9. The summed E-state index contributed by atoms with van der Waals surface area (Å²) in [5, 5.41) is 12.5. The van der Waals surface area contributed by atoms with Gasteiger partial charge in [-0.1, -0.05) is 54.6 Å². The van der Waals surface area contributed by atoms with Crippen LogP contribution in [0.3, 0.4) is 0 Å².